The molecule has 3 aromatic carbocycles. The number of methoxy groups -OCH3 is 1. The molecular formula is C45H55ClN10O5S. The van der Waals surface area contributed by atoms with E-state index in [1.54, 1.807) is 7.11 Å². The number of carbonyl (C=O) groups excluding carboxylic acids is 2. The van der Waals surface area contributed by atoms with E-state index in [1.165, 1.54) is 28.9 Å². The van der Waals surface area contributed by atoms with Crippen molar-refractivity contribution >= 4 is 73.6 Å². The molecule has 2 atom stereocenters. The van der Waals surface area contributed by atoms with E-state index in [0.29, 0.717) is 77.4 Å². The summed E-state index contributed by atoms with van der Waals surface area (Å²) in [5.41, 5.74) is 6.15. The third-order valence-corrected chi connectivity index (χ3v) is 14.7. The van der Waals surface area contributed by atoms with Crippen molar-refractivity contribution in [2.75, 3.05) is 104 Å². The molecule has 3 N–H and O–H groups in total. The average Bonchev–Trinajstić information content (AvgIpc) is 3.94. The van der Waals surface area contributed by atoms with Crippen molar-refractivity contribution in [3.63, 3.8) is 0 Å². The fourth-order valence-electron chi connectivity index (χ4n) is 9.93. The van der Waals surface area contributed by atoms with Gasteiger partial charge in [-0.1, -0.05) is 35.9 Å². The third-order valence-electron chi connectivity index (χ3n) is 13.2. The van der Waals surface area contributed by atoms with Gasteiger partial charge in [0, 0.05) is 95.4 Å². The standard InChI is InChI=1S/C45H55ClN10O5S/c1-61-40-26-35(9-11-38(40)49-45-47-27-37(46)43(51-45)48-39-8-4-5-31-14-20-56(42(31)39)62(2,59)60)53-18-15-33(16-19-53)54-23-21-52(22-24-54)28-30-13-17-55(29-30)34-7-3-6-32(25-34)36-10-12-41(57)50-44(36)58/h3-9,11,25-27,30,33,36H,10,12-24,28-29H2,1-2H3,(H,50,57,58)(H2,47,48,49,51)/t30-,36?/m0/s1. The van der Waals surface area contributed by atoms with Crippen LogP contribution < -0.4 is 34.8 Å². The van der Waals surface area contributed by atoms with Gasteiger partial charge in [0.15, 0.2) is 5.82 Å². The first-order valence-corrected chi connectivity index (χ1v) is 24.0. The predicted octanol–water partition coefficient (Wildman–Crippen LogP) is 5.58. The van der Waals surface area contributed by atoms with Crippen LogP contribution in [0.25, 0.3) is 0 Å². The maximum absolute atomic E-state index is 12.5. The molecule has 1 aromatic heterocycles. The number of benzene rings is 3. The molecule has 4 fully saturated rings. The van der Waals surface area contributed by atoms with Crippen LogP contribution in [0, 0.1) is 5.92 Å². The van der Waals surface area contributed by atoms with Gasteiger partial charge in [-0.25, -0.2) is 13.4 Å². The summed E-state index contributed by atoms with van der Waals surface area (Å²) in [5.74, 6) is 1.35. The van der Waals surface area contributed by atoms with E-state index >= 15 is 0 Å². The van der Waals surface area contributed by atoms with E-state index < -0.39 is 10.0 Å². The number of amides is 2. The number of imide groups is 1. The van der Waals surface area contributed by atoms with Gasteiger partial charge in [0.25, 0.3) is 0 Å². The molecule has 5 aliphatic heterocycles. The quantitative estimate of drug-likeness (QED) is 0.152. The normalized spacial score (nSPS) is 21.6. The van der Waals surface area contributed by atoms with E-state index in [1.807, 2.05) is 36.4 Å². The van der Waals surface area contributed by atoms with Crippen LogP contribution in [0.4, 0.5) is 40.2 Å². The van der Waals surface area contributed by atoms with Gasteiger partial charge in [0.05, 0.1) is 42.5 Å². The molecule has 9 rings (SSSR count). The van der Waals surface area contributed by atoms with Crippen molar-refractivity contribution in [2.24, 2.45) is 5.92 Å². The van der Waals surface area contributed by atoms with Crippen LogP contribution in [0.5, 0.6) is 5.75 Å². The lowest BCUT2D eigenvalue weighted by molar-refractivity contribution is -0.134. The van der Waals surface area contributed by atoms with Gasteiger partial charge in [-0.15, -0.1) is 0 Å². The molecular weight excluding hydrogens is 828 g/mol. The Morgan fingerprint density at radius 3 is 2.39 bits per heavy atom. The second kappa shape index (κ2) is 17.9. The van der Waals surface area contributed by atoms with Gasteiger partial charge >= 0.3 is 0 Å². The number of piperidine rings is 2. The van der Waals surface area contributed by atoms with E-state index in [2.05, 4.69) is 69.8 Å². The zero-order valence-corrected chi connectivity index (χ0v) is 36.9. The summed E-state index contributed by atoms with van der Waals surface area (Å²) in [4.78, 5) is 43.5. The Morgan fingerprint density at radius 1 is 0.839 bits per heavy atom. The van der Waals surface area contributed by atoms with E-state index in [4.69, 9.17) is 16.3 Å². The number of hydrogen-bond acceptors (Lipinski definition) is 13. The maximum Gasteiger partial charge on any atom is 0.234 e. The molecule has 17 heteroatoms. The number of piperazine rings is 1. The van der Waals surface area contributed by atoms with Gasteiger partial charge in [-0.3, -0.25) is 24.1 Å². The zero-order chi connectivity index (χ0) is 43.0. The fraction of sp³-hybridized carbons (Fsp3) is 0.467. The lowest BCUT2D eigenvalue weighted by atomic mass is 9.90. The van der Waals surface area contributed by atoms with Crippen LogP contribution in [0.1, 0.15) is 49.1 Å². The molecule has 15 nitrogen and oxygen atoms in total. The van der Waals surface area contributed by atoms with Crippen molar-refractivity contribution in [1.82, 2.24) is 25.1 Å². The van der Waals surface area contributed by atoms with Gasteiger partial charge in [0.1, 0.15) is 10.8 Å². The van der Waals surface area contributed by atoms with Crippen LogP contribution >= 0.6 is 11.6 Å². The molecule has 4 aromatic rings. The molecule has 2 amide bonds. The second-order valence-electron chi connectivity index (χ2n) is 17.2. The van der Waals surface area contributed by atoms with Gasteiger partial charge in [0.2, 0.25) is 27.8 Å². The zero-order valence-electron chi connectivity index (χ0n) is 35.4. The molecule has 0 bridgehead atoms. The minimum atomic E-state index is -3.45. The number of para-hydroxylation sites is 1. The summed E-state index contributed by atoms with van der Waals surface area (Å²) >= 11 is 6.54. The topological polar surface area (TPSA) is 156 Å². The summed E-state index contributed by atoms with van der Waals surface area (Å²) in [6, 6.07) is 20.7. The summed E-state index contributed by atoms with van der Waals surface area (Å²) in [6.45, 7) is 9.88. The molecule has 4 saturated heterocycles. The van der Waals surface area contributed by atoms with Crippen molar-refractivity contribution in [3.05, 3.63) is 83.0 Å². The van der Waals surface area contributed by atoms with E-state index in [0.717, 1.165) is 88.6 Å². The molecule has 6 heterocycles. The van der Waals surface area contributed by atoms with Gasteiger partial charge in [-0.2, -0.15) is 4.98 Å². The first kappa shape index (κ1) is 42.2. The Hall–Kier alpha value is -5.16. The highest BCUT2D eigenvalue weighted by Crippen LogP contribution is 2.40. The Morgan fingerprint density at radius 2 is 1.61 bits per heavy atom. The highest BCUT2D eigenvalue weighted by Gasteiger charge is 2.33. The lowest BCUT2D eigenvalue weighted by Crippen LogP contribution is -2.53. The minimum Gasteiger partial charge on any atom is -0.494 e. The number of aromatic nitrogens is 2. The number of halogens is 1. The monoisotopic (exact) mass is 882 g/mol. The van der Waals surface area contributed by atoms with Crippen LogP contribution in [-0.4, -0.2) is 125 Å². The lowest BCUT2D eigenvalue weighted by Gasteiger charge is -2.43. The molecule has 0 spiro atoms. The summed E-state index contributed by atoms with van der Waals surface area (Å²) in [7, 11) is -1.80. The smallest absolute Gasteiger partial charge is 0.234 e. The number of nitrogens with zero attached hydrogens (tertiary/aromatic N) is 7. The number of anilines is 7. The minimum absolute atomic E-state index is 0.177. The largest absolute Gasteiger partial charge is 0.494 e. The number of rotatable bonds is 12. The number of fused-ring (bicyclic) bond motifs is 1. The second-order valence-corrected chi connectivity index (χ2v) is 19.5. The van der Waals surface area contributed by atoms with Gasteiger partial charge in [-0.05, 0) is 79.5 Å². The molecule has 0 saturated carbocycles. The predicted molar refractivity (Wildman–Crippen MR) is 244 cm³/mol. The number of hydrogen-bond donors (Lipinski definition) is 3. The summed E-state index contributed by atoms with van der Waals surface area (Å²) < 4.78 is 32.3. The summed E-state index contributed by atoms with van der Waals surface area (Å²) in [6.07, 6.45) is 7.71. The Kier molecular flexibility index (Phi) is 12.2. The molecule has 62 heavy (non-hydrogen) atoms. The highest BCUT2D eigenvalue weighted by atomic mass is 35.5. The molecule has 0 radical (unpaired) electrons. The SMILES string of the molecule is COc1cc(N2CCC(N3CCN(C[C@@H]4CCN(c5cccc(C6CCC(=O)NC6=O)c5)C4)CC3)CC2)ccc1Nc1ncc(Cl)c(Nc2cccc3c2N(S(C)(=O)=O)CC3)n1. The van der Waals surface area contributed by atoms with Crippen molar-refractivity contribution < 1.29 is 22.7 Å². The van der Waals surface area contributed by atoms with E-state index in [-0.39, 0.29) is 17.7 Å². The van der Waals surface area contributed by atoms with Crippen molar-refractivity contribution in [1.29, 1.82) is 0 Å². The molecule has 328 valence electrons. The third kappa shape index (κ3) is 9.15. The highest BCUT2D eigenvalue weighted by molar-refractivity contribution is 7.92. The van der Waals surface area contributed by atoms with Crippen LogP contribution in [0.15, 0.2) is 66.9 Å². The Bertz CT molecular complexity index is 2420. The van der Waals surface area contributed by atoms with Crippen LogP contribution in [-0.2, 0) is 26.0 Å². The van der Waals surface area contributed by atoms with Gasteiger partial charge < -0.3 is 30.1 Å². The first-order valence-electron chi connectivity index (χ1n) is 21.7. The summed E-state index contributed by atoms with van der Waals surface area (Å²) in [5, 5.41) is 9.34. The Labute approximate surface area is 368 Å². The average molecular weight is 884 g/mol. The number of sulfonamides is 1. The first-order chi connectivity index (χ1) is 30.0. The van der Waals surface area contributed by atoms with E-state index in [9.17, 15) is 18.0 Å². The van der Waals surface area contributed by atoms with Crippen molar-refractivity contribution in [3.8, 4) is 5.75 Å². The Balaban J connectivity index is 0.750. The van der Waals surface area contributed by atoms with Crippen molar-refractivity contribution in [2.45, 2.75) is 50.5 Å². The van der Waals surface area contributed by atoms with Crippen LogP contribution in [0.2, 0.25) is 5.02 Å². The molecule has 5 aliphatic rings. The molecule has 1 unspecified atom stereocenters. The maximum atomic E-state index is 12.5. The number of ether oxygens (including phenoxy) is 1. The fourth-order valence-corrected chi connectivity index (χ4v) is 11.0. The number of nitrogens with one attached hydrogen (secondary N) is 3. The van der Waals surface area contributed by atoms with Crippen LogP contribution in [0.3, 0.4) is 0 Å². The number of carbonyl (C=O) groups is 2. The molecule has 0 aliphatic carbocycles.